The highest BCUT2D eigenvalue weighted by molar-refractivity contribution is 7.89. The normalized spacial score (nSPS) is 11.4. The van der Waals surface area contributed by atoms with Crippen molar-refractivity contribution < 1.29 is 22.0 Å². The van der Waals surface area contributed by atoms with E-state index in [-0.39, 0.29) is 23.2 Å². The zero-order valence-corrected chi connectivity index (χ0v) is 15.1. The molecule has 0 bridgehead atoms. The van der Waals surface area contributed by atoms with Gasteiger partial charge in [0.25, 0.3) is 0 Å². The highest BCUT2D eigenvalue weighted by Crippen LogP contribution is 2.34. The maximum Gasteiger partial charge on any atom is 0.302 e. The van der Waals surface area contributed by atoms with E-state index in [1.54, 1.807) is 6.92 Å². The van der Waals surface area contributed by atoms with E-state index in [4.69, 9.17) is 9.56 Å². The average Bonchev–Trinajstić information content (AvgIpc) is 3.05. The maximum absolute atomic E-state index is 13.2. The summed E-state index contributed by atoms with van der Waals surface area (Å²) in [6.07, 6.45) is 0.243. The molecule has 3 aromatic rings. The van der Waals surface area contributed by atoms with Crippen LogP contribution in [0.25, 0.3) is 22.6 Å². The zero-order valence-electron chi connectivity index (χ0n) is 14.3. The Hall–Kier alpha value is -3.04. The number of anilines is 1. The Balaban J connectivity index is 2.09. The maximum atomic E-state index is 13.2. The lowest BCUT2D eigenvalue weighted by Gasteiger charge is -2.03. The van der Waals surface area contributed by atoms with Gasteiger partial charge in [0.15, 0.2) is 5.76 Å². The number of sulfonamides is 1. The van der Waals surface area contributed by atoms with Gasteiger partial charge in [-0.1, -0.05) is 6.92 Å². The summed E-state index contributed by atoms with van der Waals surface area (Å²) in [5, 5.41) is 7.64. The molecule has 0 unspecified atom stereocenters. The van der Waals surface area contributed by atoms with Crippen molar-refractivity contribution in [3.8, 4) is 22.6 Å². The fourth-order valence-electron chi connectivity index (χ4n) is 2.38. The first kappa shape index (κ1) is 18.7. The third-order valence-corrected chi connectivity index (χ3v) is 4.69. The number of benzene rings is 2. The molecule has 9 heteroatoms. The highest BCUT2D eigenvalue weighted by atomic mass is 32.2. The monoisotopic (exact) mass is 389 g/mol. The number of halogens is 1. The number of primary sulfonamides is 1. The van der Waals surface area contributed by atoms with Crippen molar-refractivity contribution >= 4 is 21.9 Å². The van der Waals surface area contributed by atoms with Gasteiger partial charge in [-0.15, -0.1) is 0 Å². The van der Waals surface area contributed by atoms with Crippen LogP contribution in [0.5, 0.6) is 0 Å². The van der Waals surface area contributed by atoms with E-state index in [1.807, 2.05) is 0 Å². The summed E-state index contributed by atoms with van der Waals surface area (Å²) in [6.45, 7) is 1.69. The van der Waals surface area contributed by atoms with Crippen molar-refractivity contribution in [2.75, 3.05) is 5.32 Å². The molecule has 7 nitrogen and oxygen atoms in total. The average molecular weight is 389 g/mol. The summed E-state index contributed by atoms with van der Waals surface area (Å²) in [7, 11) is -3.83. The van der Waals surface area contributed by atoms with Crippen LogP contribution >= 0.6 is 0 Å². The van der Waals surface area contributed by atoms with Gasteiger partial charge in [0.05, 0.1) is 4.90 Å². The summed E-state index contributed by atoms with van der Waals surface area (Å²) in [5.41, 5.74) is 1.47. The number of rotatable bonds is 5. The van der Waals surface area contributed by atoms with Gasteiger partial charge in [0, 0.05) is 17.5 Å². The zero-order chi connectivity index (χ0) is 19.6. The van der Waals surface area contributed by atoms with Crippen LogP contribution in [-0.4, -0.2) is 19.3 Å². The van der Waals surface area contributed by atoms with Crippen LogP contribution in [0.1, 0.15) is 13.3 Å². The van der Waals surface area contributed by atoms with E-state index in [0.29, 0.717) is 22.6 Å². The second-order valence-corrected chi connectivity index (χ2v) is 7.24. The minimum atomic E-state index is -3.83. The van der Waals surface area contributed by atoms with E-state index >= 15 is 0 Å². The number of carbonyl (C=O) groups excluding carboxylic acids is 1. The molecule has 0 aliphatic heterocycles. The van der Waals surface area contributed by atoms with Gasteiger partial charge in [0.2, 0.25) is 15.9 Å². The number of nitrogens with one attached hydrogen (secondary N) is 1. The molecule has 0 aliphatic rings. The lowest BCUT2D eigenvalue weighted by Crippen LogP contribution is -2.11. The molecule has 0 aliphatic carbocycles. The van der Waals surface area contributed by atoms with Crippen LogP contribution in [0, 0.1) is 5.82 Å². The number of nitrogens with zero attached hydrogens (tertiary/aromatic N) is 1. The molecule has 0 radical (unpaired) electrons. The van der Waals surface area contributed by atoms with Gasteiger partial charge in [-0.3, -0.25) is 10.1 Å². The predicted molar refractivity (Wildman–Crippen MR) is 97.6 cm³/mol. The Morgan fingerprint density at radius 1 is 1.11 bits per heavy atom. The van der Waals surface area contributed by atoms with Crippen molar-refractivity contribution in [2.45, 2.75) is 18.2 Å². The van der Waals surface area contributed by atoms with Crippen LogP contribution in [0.2, 0.25) is 0 Å². The first-order valence-corrected chi connectivity index (χ1v) is 9.52. The standard InChI is InChI=1S/C18H16FN3O4S/c1-2-15(23)21-18-22-16(11-3-7-13(19)8-4-11)17(26-18)12-5-9-14(10-6-12)27(20,24)25/h3-10H,2H2,1H3,(H2,20,24,25)(H,21,22,23). The molecule has 0 fully saturated rings. The molecule has 1 amide bonds. The first-order valence-electron chi connectivity index (χ1n) is 7.98. The number of hydrogen-bond donors (Lipinski definition) is 2. The molecule has 140 valence electrons. The summed E-state index contributed by atoms with van der Waals surface area (Å²) in [4.78, 5) is 15.9. The van der Waals surface area contributed by atoms with E-state index in [2.05, 4.69) is 10.3 Å². The van der Waals surface area contributed by atoms with Crippen molar-refractivity contribution in [1.29, 1.82) is 0 Å². The molecule has 27 heavy (non-hydrogen) atoms. The second-order valence-electron chi connectivity index (χ2n) is 5.67. The smallest absolute Gasteiger partial charge is 0.302 e. The van der Waals surface area contributed by atoms with Gasteiger partial charge < -0.3 is 4.42 Å². The number of oxazole rings is 1. The molecule has 1 heterocycles. The van der Waals surface area contributed by atoms with E-state index in [9.17, 15) is 17.6 Å². The lowest BCUT2D eigenvalue weighted by atomic mass is 10.1. The Morgan fingerprint density at radius 3 is 2.26 bits per heavy atom. The summed E-state index contributed by atoms with van der Waals surface area (Å²) in [6, 6.07) is 11.3. The van der Waals surface area contributed by atoms with Crippen molar-refractivity contribution in [3.63, 3.8) is 0 Å². The highest BCUT2D eigenvalue weighted by Gasteiger charge is 2.19. The Bertz CT molecular complexity index is 1070. The SMILES string of the molecule is CCC(=O)Nc1nc(-c2ccc(F)cc2)c(-c2ccc(S(N)(=O)=O)cc2)o1. The van der Waals surface area contributed by atoms with Crippen LogP contribution in [0.3, 0.4) is 0 Å². The molecule has 0 saturated heterocycles. The molecule has 2 aromatic carbocycles. The van der Waals surface area contributed by atoms with E-state index in [0.717, 1.165) is 0 Å². The second kappa shape index (κ2) is 7.29. The van der Waals surface area contributed by atoms with Crippen molar-refractivity contribution in [1.82, 2.24) is 4.98 Å². The third kappa shape index (κ3) is 4.21. The van der Waals surface area contributed by atoms with Crippen LogP contribution in [0.4, 0.5) is 10.4 Å². The summed E-state index contributed by atoms with van der Waals surface area (Å²) >= 11 is 0. The number of nitrogens with two attached hydrogens (primary N) is 1. The molecular weight excluding hydrogens is 373 g/mol. The largest absolute Gasteiger partial charge is 0.423 e. The van der Waals surface area contributed by atoms with Crippen molar-refractivity contribution in [2.24, 2.45) is 5.14 Å². The number of aromatic nitrogens is 1. The number of amides is 1. The predicted octanol–water partition coefficient (Wildman–Crippen LogP) is 3.14. The quantitative estimate of drug-likeness (QED) is 0.695. The molecule has 0 atom stereocenters. The van der Waals surface area contributed by atoms with E-state index < -0.39 is 15.8 Å². The van der Waals surface area contributed by atoms with Crippen molar-refractivity contribution in [3.05, 3.63) is 54.3 Å². The Kier molecular flexibility index (Phi) is 5.06. The van der Waals surface area contributed by atoms with E-state index in [1.165, 1.54) is 48.5 Å². The fraction of sp³-hybridized carbons (Fsp3) is 0.111. The van der Waals surface area contributed by atoms with Gasteiger partial charge >= 0.3 is 6.01 Å². The molecule has 0 spiro atoms. The fourth-order valence-corrected chi connectivity index (χ4v) is 2.89. The van der Waals surface area contributed by atoms with Crippen LogP contribution in [0.15, 0.2) is 57.8 Å². The molecule has 1 aromatic heterocycles. The molecule has 3 rings (SSSR count). The summed E-state index contributed by atoms with van der Waals surface area (Å²) < 4.78 is 41.7. The van der Waals surface area contributed by atoms with Gasteiger partial charge in [-0.25, -0.2) is 17.9 Å². The Labute approximate surface area is 155 Å². The first-order chi connectivity index (χ1) is 12.8. The lowest BCUT2D eigenvalue weighted by molar-refractivity contribution is -0.116. The molecular formula is C18H16FN3O4S. The third-order valence-electron chi connectivity index (χ3n) is 3.76. The van der Waals surface area contributed by atoms with Crippen LogP contribution < -0.4 is 10.5 Å². The van der Waals surface area contributed by atoms with Gasteiger partial charge in [-0.2, -0.15) is 4.98 Å². The number of carbonyl (C=O) groups is 1. The van der Waals surface area contributed by atoms with Gasteiger partial charge in [0.1, 0.15) is 11.5 Å². The molecule has 3 N–H and O–H groups in total. The minimum absolute atomic E-state index is 0.00769. The van der Waals surface area contributed by atoms with Crippen LogP contribution in [-0.2, 0) is 14.8 Å². The topological polar surface area (TPSA) is 115 Å². The molecule has 0 saturated carbocycles. The van der Waals surface area contributed by atoms with Gasteiger partial charge in [-0.05, 0) is 48.5 Å². The minimum Gasteiger partial charge on any atom is -0.423 e. The Morgan fingerprint density at radius 2 is 1.70 bits per heavy atom. The summed E-state index contributed by atoms with van der Waals surface area (Å²) in [5.74, 6) is -0.382. The number of hydrogen-bond acceptors (Lipinski definition) is 5.